The van der Waals surface area contributed by atoms with Crippen LogP contribution in [0.2, 0.25) is 0 Å². The highest BCUT2D eigenvalue weighted by Gasteiger charge is 2.30. The van der Waals surface area contributed by atoms with Crippen molar-refractivity contribution in [2.24, 2.45) is 0 Å². The molecule has 7 nitrogen and oxygen atoms in total. The van der Waals surface area contributed by atoms with Gasteiger partial charge in [0.2, 0.25) is 5.91 Å². The number of amides is 1. The molecule has 1 amide bonds. The molecule has 2 atom stereocenters. The van der Waals surface area contributed by atoms with Gasteiger partial charge in [0.15, 0.2) is 9.84 Å². The second-order valence-corrected chi connectivity index (χ2v) is 8.39. The van der Waals surface area contributed by atoms with Crippen LogP contribution in [0.15, 0.2) is 53.4 Å². The number of carbonyl (C=O) groups is 1. The van der Waals surface area contributed by atoms with Gasteiger partial charge in [0.25, 0.3) is 0 Å². The molecule has 0 aliphatic carbocycles. The number of hydrogen-bond acceptors (Lipinski definition) is 6. The number of hydrazine groups is 1. The van der Waals surface area contributed by atoms with Gasteiger partial charge in [0.05, 0.1) is 16.3 Å². The Hall–Kier alpha value is -2.42. The standard InChI is InChI=1S/C18H21N3O4S/c1-2-26(24,25)13-8-9-17(22)15(10-13)19-18(23)16-11-14(20-21-16)12-6-4-3-5-7-12/h3-10,14,16,20-22H,2,11H2,1H3,(H,19,23). The van der Waals surface area contributed by atoms with Crippen LogP contribution in [0.25, 0.3) is 0 Å². The average molecular weight is 375 g/mol. The number of phenols is 1. The first-order valence-corrected chi connectivity index (χ1v) is 9.98. The van der Waals surface area contributed by atoms with Crippen molar-refractivity contribution in [1.29, 1.82) is 0 Å². The molecule has 2 unspecified atom stereocenters. The van der Waals surface area contributed by atoms with Crippen LogP contribution >= 0.6 is 0 Å². The van der Waals surface area contributed by atoms with Crippen molar-refractivity contribution in [3.05, 3.63) is 54.1 Å². The van der Waals surface area contributed by atoms with Gasteiger partial charge in [0.1, 0.15) is 11.8 Å². The number of rotatable bonds is 5. The highest BCUT2D eigenvalue weighted by atomic mass is 32.2. The van der Waals surface area contributed by atoms with Gasteiger partial charge in [0, 0.05) is 6.04 Å². The highest BCUT2D eigenvalue weighted by Crippen LogP contribution is 2.28. The van der Waals surface area contributed by atoms with Gasteiger partial charge < -0.3 is 10.4 Å². The van der Waals surface area contributed by atoms with Gasteiger partial charge >= 0.3 is 0 Å². The molecule has 0 saturated carbocycles. The molecule has 1 aliphatic rings. The molecule has 0 radical (unpaired) electrons. The smallest absolute Gasteiger partial charge is 0.243 e. The Morgan fingerprint density at radius 1 is 1.19 bits per heavy atom. The van der Waals surface area contributed by atoms with E-state index in [1.54, 1.807) is 0 Å². The molecule has 2 aromatic rings. The zero-order chi connectivity index (χ0) is 18.7. The Morgan fingerprint density at radius 2 is 1.92 bits per heavy atom. The van der Waals surface area contributed by atoms with E-state index in [0.717, 1.165) is 5.56 Å². The van der Waals surface area contributed by atoms with Crippen LogP contribution in [0.1, 0.15) is 24.9 Å². The van der Waals surface area contributed by atoms with E-state index in [-0.39, 0.29) is 34.0 Å². The number of anilines is 1. The normalized spacial score (nSPS) is 20.0. The van der Waals surface area contributed by atoms with E-state index in [9.17, 15) is 18.3 Å². The van der Waals surface area contributed by atoms with Gasteiger partial charge in [-0.15, -0.1) is 0 Å². The molecule has 26 heavy (non-hydrogen) atoms. The molecule has 3 rings (SSSR count). The Balaban J connectivity index is 1.72. The highest BCUT2D eigenvalue weighted by molar-refractivity contribution is 7.91. The monoisotopic (exact) mass is 375 g/mol. The van der Waals surface area contributed by atoms with Crippen LogP contribution in [0.4, 0.5) is 5.69 Å². The summed E-state index contributed by atoms with van der Waals surface area (Å²) in [6, 6.07) is 13.1. The lowest BCUT2D eigenvalue weighted by molar-refractivity contribution is -0.117. The van der Waals surface area contributed by atoms with Gasteiger partial charge in [-0.25, -0.2) is 19.3 Å². The molecule has 1 fully saturated rings. The van der Waals surface area contributed by atoms with Crippen molar-refractivity contribution < 1.29 is 18.3 Å². The Kier molecular flexibility index (Phi) is 5.26. The number of aromatic hydroxyl groups is 1. The molecule has 8 heteroatoms. The van der Waals surface area contributed by atoms with E-state index >= 15 is 0 Å². The lowest BCUT2D eigenvalue weighted by Gasteiger charge is -2.13. The molecule has 138 valence electrons. The number of nitrogens with one attached hydrogen (secondary N) is 3. The third kappa shape index (κ3) is 3.87. The quantitative estimate of drug-likeness (QED) is 0.593. The summed E-state index contributed by atoms with van der Waals surface area (Å²) in [5, 5.41) is 12.6. The molecule has 4 N–H and O–H groups in total. The third-order valence-electron chi connectivity index (χ3n) is 4.39. The number of sulfone groups is 1. The summed E-state index contributed by atoms with van der Waals surface area (Å²) in [5.41, 5.74) is 7.16. The van der Waals surface area contributed by atoms with Crippen LogP contribution < -0.4 is 16.2 Å². The van der Waals surface area contributed by atoms with Gasteiger partial charge in [-0.1, -0.05) is 37.3 Å². The third-order valence-corrected chi connectivity index (χ3v) is 6.12. The summed E-state index contributed by atoms with van der Waals surface area (Å²) < 4.78 is 24.0. The number of benzene rings is 2. The maximum Gasteiger partial charge on any atom is 0.243 e. The van der Waals surface area contributed by atoms with Crippen molar-refractivity contribution in [3.63, 3.8) is 0 Å². The summed E-state index contributed by atoms with van der Waals surface area (Å²) in [6.07, 6.45) is 0.531. The summed E-state index contributed by atoms with van der Waals surface area (Å²) in [5.74, 6) is -0.589. The van der Waals surface area contributed by atoms with Crippen LogP contribution in [-0.4, -0.2) is 31.2 Å². The van der Waals surface area contributed by atoms with Crippen molar-refractivity contribution in [2.75, 3.05) is 11.1 Å². The second kappa shape index (κ2) is 7.45. The van der Waals surface area contributed by atoms with Gasteiger partial charge in [-0.3, -0.25) is 4.79 Å². The Labute approximate surface area is 152 Å². The number of carbonyl (C=O) groups excluding carboxylic acids is 1. The first-order chi connectivity index (χ1) is 12.4. The molecule has 0 bridgehead atoms. The van der Waals surface area contributed by atoms with Crippen LogP contribution in [0.5, 0.6) is 5.75 Å². The Bertz CT molecular complexity index is 900. The minimum atomic E-state index is -3.43. The van der Waals surface area contributed by atoms with Crippen molar-refractivity contribution in [1.82, 2.24) is 10.9 Å². The molecular weight excluding hydrogens is 354 g/mol. The van der Waals surface area contributed by atoms with Crippen LogP contribution in [-0.2, 0) is 14.6 Å². The fourth-order valence-electron chi connectivity index (χ4n) is 2.83. The fraction of sp³-hybridized carbons (Fsp3) is 0.278. The first kappa shape index (κ1) is 18.4. The predicted molar refractivity (Wildman–Crippen MR) is 98.3 cm³/mol. The van der Waals surface area contributed by atoms with E-state index in [0.29, 0.717) is 6.42 Å². The summed E-state index contributed by atoms with van der Waals surface area (Å²) in [4.78, 5) is 12.6. The molecule has 1 saturated heterocycles. The minimum Gasteiger partial charge on any atom is -0.506 e. The number of phenolic OH excluding ortho intramolecular Hbond substituents is 1. The summed E-state index contributed by atoms with van der Waals surface area (Å²) >= 11 is 0. The predicted octanol–water partition coefficient (Wildman–Crippen LogP) is 1.73. The van der Waals surface area contributed by atoms with Crippen molar-refractivity contribution >= 4 is 21.4 Å². The van der Waals surface area contributed by atoms with Crippen molar-refractivity contribution in [3.8, 4) is 5.75 Å². The van der Waals surface area contributed by atoms with Crippen molar-refractivity contribution in [2.45, 2.75) is 30.3 Å². The van der Waals surface area contributed by atoms with E-state index in [1.165, 1.54) is 25.1 Å². The summed E-state index contributed by atoms with van der Waals surface area (Å²) in [6.45, 7) is 1.54. The maximum atomic E-state index is 12.5. The van der Waals surface area contributed by atoms with E-state index in [2.05, 4.69) is 16.2 Å². The van der Waals surface area contributed by atoms with Crippen LogP contribution in [0.3, 0.4) is 0 Å². The SMILES string of the molecule is CCS(=O)(=O)c1ccc(O)c(NC(=O)C2CC(c3ccccc3)NN2)c1. The minimum absolute atomic E-state index is 0.00708. The molecule has 0 spiro atoms. The second-order valence-electron chi connectivity index (χ2n) is 6.11. The summed E-state index contributed by atoms with van der Waals surface area (Å²) in [7, 11) is -3.43. The molecule has 0 aromatic heterocycles. The Morgan fingerprint density at radius 3 is 2.62 bits per heavy atom. The first-order valence-electron chi connectivity index (χ1n) is 8.33. The van der Waals surface area contributed by atoms with E-state index in [4.69, 9.17) is 0 Å². The molecular formula is C18H21N3O4S. The molecule has 2 aromatic carbocycles. The topological polar surface area (TPSA) is 108 Å². The zero-order valence-electron chi connectivity index (χ0n) is 14.3. The number of hydrogen-bond donors (Lipinski definition) is 4. The van der Waals surface area contributed by atoms with Gasteiger partial charge in [-0.2, -0.15) is 0 Å². The lowest BCUT2D eigenvalue weighted by atomic mass is 10.0. The molecule has 1 aliphatic heterocycles. The lowest BCUT2D eigenvalue weighted by Crippen LogP contribution is -2.39. The van der Waals surface area contributed by atoms with E-state index < -0.39 is 15.9 Å². The largest absolute Gasteiger partial charge is 0.506 e. The molecule has 1 heterocycles. The maximum absolute atomic E-state index is 12.5. The zero-order valence-corrected chi connectivity index (χ0v) is 15.1. The van der Waals surface area contributed by atoms with E-state index in [1.807, 2.05) is 30.3 Å². The fourth-order valence-corrected chi connectivity index (χ4v) is 3.73. The van der Waals surface area contributed by atoms with Gasteiger partial charge in [-0.05, 0) is 30.2 Å². The average Bonchev–Trinajstić information content (AvgIpc) is 3.14. The van der Waals surface area contributed by atoms with Crippen LogP contribution in [0, 0.1) is 0 Å².